The number of benzene rings is 8. The van der Waals surface area contributed by atoms with Crippen LogP contribution in [0.4, 0.5) is 17.1 Å². The zero-order valence-corrected chi connectivity index (χ0v) is 33.1. The van der Waals surface area contributed by atoms with Gasteiger partial charge in [-0.15, -0.1) is 0 Å². The number of rotatable bonds is 5. The predicted octanol–water partition coefficient (Wildman–Crippen LogP) is 13.7. The van der Waals surface area contributed by atoms with Crippen molar-refractivity contribution in [3.8, 4) is 22.3 Å². The Bertz CT molecular complexity index is 3020. The fourth-order valence-corrected chi connectivity index (χ4v) is 14.1. The van der Waals surface area contributed by atoms with Gasteiger partial charge in [0.2, 0.25) is 9.84 Å². The first-order valence-electron chi connectivity index (χ1n) is 20.9. The average Bonchev–Trinajstić information content (AvgIpc) is 3.26. The average molecular weight is 770 g/mol. The zero-order valence-electron chi connectivity index (χ0n) is 32.3. The molecule has 0 N–H and O–H groups in total. The molecular weight excluding hydrogens is 727 g/mol. The first kappa shape index (κ1) is 34.1. The van der Waals surface area contributed by atoms with Crippen molar-refractivity contribution >= 4 is 48.4 Å². The third-order valence-corrected chi connectivity index (χ3v) is 16.3. The maximum Gasteiger partial charge on any atom is 0.207 e. The van der Waals surface area contributed by atoms with Crippen LogP contribution < -0.4 is 4.90 Å². The van der Waals surface area contributed by atoms with E-state index in [9.17, 15) is 8.42 Å². The third-order valence-electron chi connectivity index (χ3n) is 14.4. The molecule has 4 bridgehead atoms. The van der Waals surface area contributed by atoms with Gasteiger partial charge in [0.1, 0.15) is 0 Å². The van der Waals surface area contributed by atoms with Crippen LogP contribution in [-0.4, -0.2) is 8.42 Å². The van der Waals surface area contributed by atoms with E-state index in [0.717, 1.165) is 51.2 Å². The molecule has 4 fully saturated rings. The fraction of sp³-hybridized carbons (Fsp3) is 0.185. The Kier molecular flexibility index (Phi) is 7.51. The van der Waals surface area contributed by atoms with Gasteiger partial charge in [0.25, 0.3) is 0 Å². The summed E-state index contributed by atoms with van der Waals surface area (Å²) in [5, 5.41) is 4.84. The van der Waals surface area contributed by atoms with E-state index in [1.807, 2.05) is 18.2 Å². The van der Waals surface area contributed by atoms with Crippen LogP contribution in [0.2, 0.25) is 0 Å². The second-order valence-corrected chi connectivity index (χ2v) is 19.2. The summed E-state index contributed by atoms with van der Waals surface area (Å²) in [6.07, 6.45) is 6.13. The lowest BCUT2D eigenvalue weighted by Gasteiger charge is -2.63. The van der Waals surface area contributed by atoms with Gasteiger partial charge in [0, 0.05) is 22.2 Å². The lowest BCUT2D eigenvalue weighted by molar-refractivity contribution is -0.0446. The van der Waals surface area contributed by atoms with E-state index in [0.29, 0.717) is 21.6 Å². The van der Waals surface area contributed by atoms with Crippen LogP contribution in [-0.2, 0) is 15.3 Å². The van der Waals surface area contributed by atoms with Gasteiger partial charge >= 0.3 is 0 Å². The summed E-state index contributed by atoms with van der Waals surface area (Å²) in [6.45, 7) is 0. The molecular formula is C54H43NO2S. The standard InChI is InChI=1S/C54H43NO2S/c56-58(57)52-21-6-5-19-49(52)54(42-29-35-28-36(31-42)32-43(54)30-35)50-34-41(24-27-53(50)58)40-14-7-15-45(33-40)55(51-20-9-13-38-11-2-4-17-48(38)51)44-25-22-39(23-26-44)47-18-8-12-37-10-1-3-16-46(37)47/h1-27,33-36,42-43H,28-32H2. The summed E-state index contributed by atoms with van der Waals surface area (Å²) in [5.41, 5.74) is 9.57. The van der Waals surface area contributed by atoms with Crippen LogP contribution in [0, 0.1) is 23.7 Å². The molecule has 4 aliphatic carbocycles. The predicted molar refractivity (Wildman–Crippen MR) is 237 cm³/mol. The van der Waals surface area contributed by atoms with Crippen molar-refractivity contribution in [3.63, 3.8) is 0 Å². The van der Waals surface area contributed by atoms with Crippen molar-refractivity contribution in [1.29, 1.82) is 0 Å². The highest BCUT2D eigenvalue weighted by atomic mass is 32.2. The summed E-state index contributed by atoms with van der Waals surface area (Å²) >= 11 is 0. The topological polar surface area (TPSA) is 37.4 Å². The van der Waals surface area contributed by atoms with Crippen molar-refractivity contribution in [2.24, 2.45) is 23.7 Å². The molecule has 0 radical (unpaired) electrons. The Morgan fingerprint density at radius 2 is 1.03 bits per heavy atom. The van der Waals surface area contributed by atoms with Crippen molar-refractivity contribution < 1.29 is 8.42 Å². The van der Waals surface area contributed by atoms with Crippen LogP contribution in [0.25, 0.3) is 43.8 Å². The van der Waals surface area contributed by atoms with E-state index >= 15 is 0 Å². The summed E-state index contributed by atoms with van der Waals surface area (Å²) in [7, 11) is -3.67. The molecule has 3 nitrogen and oxygen atoms in total. The Labute approximate surface area is 340 Å². The maximum atomic E-state index is 14.5. The van der Waals surface area contributed by atoms with Crippen molar-refractivity contribution in [2.45, 2.75) is 47.3 Å². The van der Waals surface area contributed by atoms with Crippen LogP contribution in [0.1, 0.15) is 43.2 Å². The van der Waals surface area contributed by atoms with Crippen molar-refractivity contribution in [3.05, 3.63) is 187 Å². The molecule has 0 saturated heterocycles. The molecule has 58 heavy (non-hydrogen) atoms. The summed E-state index contributed by atoms with van der Waals surface area (Å²) in [4.78, 5) is 3.42. The molecule has 0 amide bonds. The summed E-state index contributed by atoms with van der Waals surface area (Å²) < 4.78 is 29.0. The van der Waals surface area contributed by atoms with E-state index in [4.69, 9.17) is 0 Å². The molecule has 13 rings (SSSR count). The lowest BCUT2D eigenvalue weighted by atomic mass is 9.42. The number of anilines is 3. The van der Waals surface area contributed by atoms with E-state index in [1.165, 1.54) is 64.8 Å². The van der Waals surface area contributed by atoms with Crippen LogP contribution in [0.5, 0.6) is 0 Å². The highest BCUT2D eigenvalue weighted by Gasteiger charge is 2.62. The van der Waals surface area contributed by atoms with Crippen molar-refractivity contribution in [2.75, 3.05) is 4.90 Å². The number of nitrogens with zero attached hydrogens (tertiary/aromatic N) is 1. The fourth-order valence-electron chi connectivity index (χ4n) is 12.3. The van der Waals surface area contributed by atoms with E-state index < -0.39 is 9.84 Å². The maximum absolute atomic E-state index is 14.5. The minimum absolute atomic E-state index is 0.279. The second kappa shape index (κ2) is 12.8. The first-order valence-corrected chi connectivity index (χ1v) is 22.4. The molecule has 8 aromatic carbocycles. The third kappa shape index (κ3) is 4.94. The van der Waals surface area contributed by atoms with Gasteiger partial charge in [0.05, 0.1) is 15.5 Å². The minimum Gasteiger partial charge on any atom is -0.310 e. The number of hydrogen-bond acceptors (Lipinski definition) is 3. The second-order valence-electron chi connectivity index (χ2n) is 17.3. The molecule has 5 aliphatic rings. The van der Waals surface area contributed by atoms with Crippen molar-refractivity contribution in [1.82, 2.24) is 0 Å². The summed E-state index contributed by atoms with van der Waals surface area (Å²) in [5.74, 6) is 2.45. The Balaban J connectivity index is 1.01. The van der Waals surface area contributed by atoms with Crippen LogP contribution in [0.3, 0.4) is 0 Å². The van der Waals surface area contributed by atoms with Gasteiger partial charge < -0.3 is 4.90 Å². The molecule has 0 aromatic heterocycles. The summed E-state index contributed by atoms with van der Waals surface area (Å²) in [6, 6.07) is 62.3. The van der Waals surface area contributed by atoms with Gasteiger partial charge in [-0.05, 0) is 154 Å². The van der Waals surface area contributed by atoms with Gasteiger partial charge in [-0.3, -0.25) is 0 Å². The zero-order chi connectivity index (χ0) is 38.6. The van der Waals surface area contributed by atoms with E-state index in [-0.39, 0.29) is 5.41 Å². The molecule has 8 aromatic rings. The normalized spacial score (nSPS) is 23.5. The van der Waals surface area contributed by atoms with Gasteiger partial charge in [-0.25, -0.2) is 8.42 Å². The molecule has 282 valence electrons. The van der Waals surface area contributed by atoms with Gasteiger partial charge in [-0.1, -0.05) is 127 Å². The SMILES string of the molecule is O=S1(=O)c2ccccc2C2(c3cc(-c4cccc(N(c5ccc(-c6cccc7ccccc67)cc5)c5cccc6ccccc56)c4)ccc31)C1CC3CC(C1)CC2C3. The Morgan fingerprint density at radius 1 is 0.448 bits per heavy atom. The van der Waals surface area contributed by atoms with Crippen LogP contribution >= 0.6 is 0 Å². The number of hydrogen-bond donors (Lipinski definition) is 0. The molecule has 1 heterocycles. The smallest absolute Gasteiger partial charge is 0.207 e. The van der Waals surface area contributed by atoms with Gasteiger partial charge in [-0.2, -0.15) is 0 Å². The van der Waals surface area contributed by atoms with Gasteiger partial charge in [0.15, 0.2) is 0 Å². The number of sulfone groups is 1. The first-order chi connectivity index (χ1) is 28.5. The highest BCUT2D eigenvalue weighted by Crippen LogP contribution is 2.68. The number of fused-ring (bicyclic) bond motifs is 4. The van der Waals surface area contributed by atoms with E-state index in [1.54, 1.807) is 0 Å². The minimum atomic E-state index is -3.67. The monoisotopic (exact) mass is 769 g/mol. The Morgan fingerprint density at radius 3 is 1.81 bits per heavy atom. The van der Waals surface area contributed by atoms with Crippen LogP contribution in [0.15, 0.2) is 186 Å². The highest BCUT2D eigenvalue weighted by molar-refractivity contribution is 7.91. The van der Waals surface area contributed by atoms with E-state index in [2.05, 4.69) is 163 Å². The lowest BCUT2D eigenvalue weighted by Crippen LogP contribution is -2.57. The molecule has 0 atom stereocenters. The molecule has 1 spiro atoms. The molecule has 4 heteroatoms. The quantitative estimate of drug-likeness (QED) is 0.175. The largest absolute Gasteiger partial charge is 0.310 e. The molecule has 0 unspecified atom stereocenters. The molecule has 4 saturated carbocycles. The molecule has 1 aliphatic heterocycles. The Hall–Kier alpha value is -5.97.